The zero-order valence-corrected chi connectivity index (χ0v) is 16.0. The molecule has 0 fully saturated rings. The topological polar surface area (TPSA) is 102 Å². The van der Waals surface area contributed by atoms with Gasteiger partial charge in [0, 0.05) is 12.6 Å². The summed E-state index contributed by atoms with van der Waals surface area (Å²) in [6.07, 6.45) is -6.08. The number of aryl methyl sites for hydroxylation is 2. The number of nitrogens with one attached hydrogen (secondary N) is 1. The number of nitrogens with zero attached hydrogens (tertiary/aromatic N) is 4. The summed E-state index contributed by atoms with van der Waals surface area (Å²) in [7, 11) is 1.62. The van der Waals surface area contributed by atoms with Crippen molar-refractivity contribution in [1.29, 1.82) is 0 Å². The van der Waals surface area contributed by atoms with Crippen molar-refractivity contribution >= 4 is 5.91 Å². The Morgan fingerprint density at radius 1 is 1.20 bits per heavy atom. The third-order valence-corrected chi connectivity index (χ3v) is 4.27. The average molecular weight is 421 g/mol. The zero-order valence-electron chi connectivity index (χ0n) is 16.0. The van der Waals surface area contributed by atoms with E-state index in [0.717, 1.165) is 16.3 Å². The number of hydrogen-bond donors (Lipinski definition) is 2. The summed E-state index contributed by atoms with van der Waals surface area (Å²) in [4.78, 5) is 25.3. The number of aliphatic hydroxyl groups is 1. The van der Waals surface area contributed by atoms with Crippen LogP contribution in [0.2, 0.25) is 0 Å². The quantitative estimate of drug-likeness (QED) is 0.589. The Labute approximate surface area is 168 Å². The fourth-order valence-corrected chi connectivity index (χ4v) is 2.63. The standard InChI is InChI=1S/C19H18F3N5O3/c1-10-3-5-11(6-4-10)14-7-13(18(29)24-17(22)15(28)16(20)21)19(30)27(25-14)12-8-23-26(2)9-12/h3-9,15-17,28H,1-2H3,(H,24,29). The van der Waals surface area contributed by atoms with Crippen LogP contribution in [0, 0.1) is 6.92 Å². The summed E-state index contributed by atoms with van der Waals surface area (Å²) >= 11 is 0. The van der Waals surface area contributed by atoms with Gasteiger partial charge >= 0.3 is 0 Å². The highest BCUT2D eigenvalue weighted by Crippen LogP contribution is 2.19. The molecule has 0 bridgehead atoms. The van der Waals surface area contributed by atoms with Gasteiger partial charge in [-0.25, -0.2) is 13.2 Å². The summed E-state index contributed by atoms with van der Waals surface area (Å²) in [5.74, 6) is -1.26. The van der Waals surface area contributed by atoms with Crippen LogP contribution >= 0.6 is 0 Å². The summed E-state index contributed by atoms with van der Waals surface area (Å²) in [6.45, 7) is 1.88. The van der Waals surface area contributed by atoms with Crippen LogP contribution < -0.4 is 10.9 Å². The van der Waals surface area contributed by atoms with Crippen LogP contribution in [-0.4, -0.2) is 49.4 Å². The predicted molar refractivity (Wildman–Crippen MR) is 101 cm³/mol. The smallest absolute Gasteiger partial charge is 0.284 e. The molecule has 0 aliphatic heterocycles. The molecular formula is C19H18F3N5O3. The lowest BCUT2D eigenvalue weighted by atomic mass is 10.1. The van der Waals surface area contributed by atoms with Crippen molar-refractivity contribution in [1.82, 2.24) is 24.9 Å². The Morgan fingerprint density at radius 3 is 2.43 bits per heavy atom. The van der Waals surface area contributed by atoms with Gasteiger partial charge in [0.05, 0.1) is 18.1 Å². The zero-order chi connectivity index (χ0) is 22.0. The highest BCUT2D eigenvalue weighted by atomic mass is 19.3. The summed E-state index contributed by atoms with van der Waals surface area (Å²) in [5, 5.41) is 18.9. The molecule has 0 aliphatic rings. The number of aromatic nitrogens is 4. The molecule has 30 heavy (non-hydrogen) atoms. The molecule has 2 N–H and O–H groups in total. The van der Waals surface area contributed by atoms with E-state index in [0.29, 0.717) is 5.56 Å². The summed E-state index contributed by atoms with van der Waals surface area (Å²) in [5.41, 5.74) is 0.558. The van der Waals surface area contributed by atoms with Crippen LogP contribution in [0.15, 0.2) is 47.5 Å². The molecule has 158 valence electrons. The number of carbonyl (C=O) groups is 1. The van der Waals surface area contributed by atoms with Gasteiger partial charge in [0.1, 0.15) is 11.3 Å². The Hall–Kier alpha value is -3.47. The van der Waals surface area contributed by atoms with E-state index in [-0.39, 0.29) is 11.4 Å². The fraction of sp³-hybridized carbons (Fsp3) is 0.263. The van der Waals surface area contributed by atoms with Gasteiger partial charge in [0.2, 0.25) is 6.30 Å². The monoisotopic (exact) mass is 421 g/mol. The number of alkyl halides is 3. The molecule has 2 heterocycles. The highest BCUT2D eigenvalue weighted by Gasteiger charge is 2.30. The van der Waals surface area contributed by atoms with E-state index in [1.807, 2.05) is 6.92 Å². The van der Waals surface area contributed by atoms with E-state index >= 15 is 0 Å². The molecule has 1 aromatic carbocycles. The number of benzene rings is 1. The predicted octanol–water partition coefficient (Wildman–Crippen LogP) is 1.59. The first-order valence-corrected chi connectivity index (χ1v) is 8.79. The lowest BCUT2D eigenvalue weighted by molar-refractivity contribution is -0.0551. The maximum Gasteiger partial charge on any atom is 0.284 e. The second kappa shape index (κ2) is 8.49. The van der Waals surface area contributed by atoms with Crippen LogP contribution in [0.25, 0.3) is 16.9 Å². The maximum absolute atomic E-state index is 13.8. The molecule has 1 amide bonds. The largest absolute Gasteiger partial charge is 0.382 e. The minimum absolute atomic E-state index is 0.216. The van der Waals surface area contributed by atoms with Gasteiger partial charge in [-0.2, -0.15) is 14.9 Å². The van der Waals surface area contributed by atoms with Crippen molar-refractivity contribution in [3.8, 4) is 16.9 Å². The van der Waals surface area contributed by atoms with Crippen LogP contribution in [0.4, 0.5) is 13.2 Å². The number of rotatable bonds is 6. The first-order valence-electron chi connectivity index (χ1n) is 8.79. The van der Waals surface area contributed by atoms with Gasteiger partial charge in [0.25, 0.3) is 17.9 Å². The van der Waals surface area contributed by atoms with Gasteiger partial charge in [-0.1, -0.05) is 29.8 Å². The van der Waals surface area contributed by atoms with Crippen molar-refractivity contribution < 1.29 is 23.1 Å². The molecule has 3 aromatic rings. The lowest BCUT2D eigenvalue weighted by Gasteiger charge is -2.16. The molecule has 3 rings (SSSR count). The number of aliphatic hydroxyl groups excluding tert-OH is 1. The van der Waals surface area contributed by atoms with Gasteiger partial charge in [-0.05, 0) is 13.0 Å². The maximum atomic E-state index is 13.8. The average Bonchev–Trinajstić information content (AvgIpc) is 3.14. The second-order valence-corrected chi connectivity index (χ2v) is 6.60. The van der Waals surface area contributed by atoms with Gasteiger partial charge in [-0.3, -0.25) is 14.3 Å². The molecule has 0 aliphatic carbocycles. The van der Waals surface area contributed by atoms with Crippen LogP contribution in [0.5, 0.6) is 0 Å². The van der Waals surface area contributed by atoms with Crippen molar-refractivity contribution in [2.75, 3.05) is 0 Å². The molecule has 0 saturated heterocycles. The first kappa shape index (κ1) is 21.2. The Kier molecular flexibility index (Phi) is 6.01. The lowest BCUT2D eigenvalue weighted by Crippen LogP contribution is -2.45. The summed E-state index contributed by atoms with van der Waals surface area (Å²) in [6, 6.07) is 8.17. The molecule has 8 nitrogen and oxygen atoms in total. The molecule has 2 aromatic heterocycles. The second-order valence-electron chi connectivity index (χ2n) is 6.60. The van der Waals surface area contributed by atoms with Crippen molar-refractivity contribution in [2.24, 2.45) is 7.05 Å². The molecule has 0 radical (unpaired) electrons. The number of halogens is 3. The van der Waals surface area contributed by atoms with E-state index in [1.54, 1.807) is 36.6 Å². The molecule has 0 saturated carbocycles. The van der Waals surface area contributed by atoms with E-state index in [1.165, 1.54) is 17.1 Å². The van der Waals surface area contributed by atoms with Crippen LogP contribution in [0.1, 0.15) is 15.9 Å². The number of carbonyl (C=O) groups excluding carboxylic acids is 1. The first-order chi connectivity index (χ1) is 14.2. The van der Waals surface area contributed by atoms with Crippen LogP contribution in [-0.2, 0) is 7.05 Å². The minimum Gasteiger partial charge on any atom is -0.382 e. The Balaban J connectivity index is 2.09. The van der Waals surface area contributed by atoms with E-state index in [2.05, 4.69) is 10.2 Å². The summed E-state index contributed by atoms with van der Waals surface area (Å²) < 4.78 is 41.1. The Bertz CT molecular complexity index is 1110. The molecule has 2 atom stereocenters. The molecular weight excluding hydrogens is 403 g/mol. The van der Waals surface area contributed by atoms with Gasteiger partial charge < -0.3 is 10.4 Å². The number of hydrogen-bond acceptors (Lipinski definition) is 5. The molecule has 0 spiro atoms. The van der Waals surface area contributed by atoms with Crippen molar-refractivity contribution in [3.05, 3.63) is 64.2 Å². The van der Waals surface area contributed by atoms with Crippen molar-refractivity contribution in [2.45, 2.75) is 25.7 Å². The van der Waals surface area contributed by atoms with E-state index < -0.39 is 35.9 Å². The Morgan fingerprint density at radius 2 is 1.87 bits per heavy atom. The SMILES string of the molecule is Cc1ccc(-c2cc(C(=O)NC(F)C(O)C(F)F)c(=O)n(-c3cnn(C)c3)n2)cc1. The van der Waals surface area contributed by atoms with E-state index in [9.17, 15) is 22.8 Å². The van der Waals surface area contributed by atoms with Crippen molar-refractivity contribution in [3.63, 3.8) is 0 Å². The van der Waals surface area contributed by atoms with Crippen LogP contribution in [0.3, 0.4) is 0 Å². The fourth-order valence-electron chi connectivity index (χ4n) is 2.63. The third-order valence-electron chi connectivity index (χ3n) is 4.27. The van der Waals surface area contributed by atoms with E-state index in [4.69, 9.17) is 5.11 Å². The molecule has 11 heteroatoms. The molecule has 2 unspecified atom stereocenters. The normalized spacial score (nSPS) is 13.3. The number of amides is 1. The highest BCUT2D eigenvalue weighted by molar-refractivity contribution is 5.95. The minimum atomic E-state index is -3.41. The van der Waals surface area contributed by atoms with Gasteiger partial charge in [-0.15, -0.1) is 0 Å². The van der Waals surface area contributed by atoms with Gasteiger partial charge in [0.15, 0.2) is 6.10 Å². The third kappa shape index (κ3) is 4.40.